The quantitative estimate of drug-likeness (QED) is 0.204. The molecule has 0 aliphatic carbocycles. The van der Waals surface area contributed by atoms with E-state index in [1.807, 2.05) is 0 Å². The van der Waals surface area contributed by atoms with Crippen LogP contribution < -0.4 is 0 Å². The van der Waals surface area contributed by atoms with Crippen LogP contribution in [0.5, 0.6) is 0 Å². The molecule has 0 bridgehead atoms. The van der Waals surface area contributed by atoms with E-state index in [0.717, 1.165) is 0 Å². The van der Waals surface area contributed by atoms with Gasteiger partial charge in [0, 0.05) is 518 Å². The summed E-state index contributed by atoms with van der Waals surface area (Å²) in [5.41, 5.74) is 0. The van der Waals surface area contributed by atoms with Gasteiger partial charge in [-0.05, 0) is 0 Å². The van der Waals surface area contributed by atoms with E-state index in [0.29, 0.717) is 0 Å². The molecule has 0 spiro atoms. The minimum atomic E-state index is 0. The molecule has 0 saturated carbocycles. The SMILES string of the molecule is O.O.O.O.O.O.O.O.O.O.O.O.O.O.O.O.O.O.O.O.O.O.O.O.O.O.O.O.O.O.O.O.O.O.O.O.O.O.O.O.[B].[K].[K].[K].[K].[K].[W].[W].[W].[W].[W].[W].[W].[W].[W].[W].[W].[W]. The van der Waals surface area contributed by atoms with Crippen molar-refractivity contribution in [3.63, 3.8) is 0 Å². The zero-order valence-electron chi connectivity index (χ0n) is 30.5. The van der Waals surface area contributed by atoms with Crippen molar-refractivity contribution in [3.8, 4) is 0 Å². The van der Waals surface area contributed by atoms with Crippen LogP contribution >= 0.6 is 0 Å². The molecule has 0 atom stereocenters. The molecule has 0 unspecified atom stereocenters. The normalized spacial score (nSPS) is 0. The van der Waals surface area contributed by atoms with E-state index in [1.54, 1.807) is 0 Å². The summed E-state index contributed by atoms with van der Waals surface area (Å²) in [4.78, 5) is 0. The standard InChI is InChI=1S/B.5K.40H2O.12W/h;;;;;;40*1H2;;;;;;;;;;;;. The Balaban J connectivity index is 0. The number of hydrogen-bond acceptors (Lipinski definition) is 0. The molecule has 58 heteroatoms. The van der Waals surface area contributed by atoms with Gasteiger partial charge in [-0.1, -0.05) is 0 Å². The first kappa shape index (κ1) is 1700. The largest absolute Gasteiger partial charge is 0.412 e. The van der Waals surface area contributed by atoms with Gasteiger partial charge in [0.15, 0.2) is 0 Å². The third-order valence-corrected chi connectivity index (χ3v) is 0. The molecule has 0 amide bonds. The number of hydrogen-bond donors (Lipinski definition) is 0. The van der Waals surface area contributed by atoms with Gasteiger partial charge < -0.3 is 219 Å². The van der Waals surface area contributed by atoms with Gasteiger partial charge in [0.25, 0.3) is 0 Å². The summed E-state index contributed by atoms with van der Waals surface area (Å²) < 4.78 is 0. The van der Waals surface area contributed by atoms with Crippen LogP contribution in [0.25, 0.3) is 0 Å². The molecular weight excluding hydrogens is 3050 g/mol. The first-order chi connectivity index (χ1) is 0. The fraction of sp³-hybridized carbons (Fsp3) is 0. The predicted octanol–water partition coefficient (Wildman–Crippen LogP) is -35.3. The average molecular weight is 3130 g/mol. The second-order valence-electron chi connectivity index (χ2n) is 0. The molecule has 0 aromatic heterocycles. The molecule has 40 nitrogen and oxygen atoms in total. The molecule has 8 radical (unpaired) electrons. The summed E-state index contributed by atoms with van der Waals surface area (Å²) in [7, 11) is 0. The summed E-state index contributed by atoms with van der Waals surface area (Å²) in [6.07, 6.45) is 0. The molecular formula is H80BK5O40W12. The molecule has 0 heterocycles. The van der Waals surface area contributed by atoms with Crippen LogP contribution in [-0.4, -0.2) is 484 Å². The predicted molar refractivity (Wildman–Crippen MR) is 179 cm³/mol. The second-order valence-corrected chi connectivity index (χ2v) is 0. The molecule has 400 valence electrons. The van der Waals surface area contributed by atoms with Gasteiger partial charge in [-0.2, -0.15) is 0 Å². The van der Waals surface area contributed by atoms with Crippen LogP contribution in [0, 0.1) is 0 Å². The van der Waals surface area contributed by atoms with Gasteiger partial charge in [-0.3, -0.25) is 0 Å². The second kappa shape index (κ2) is 1630. The average Bonchev–Trinajstić information content (AvgIpc) is 0. The molecule has 0 aromatic rings. The van der Waals surface area contributed by atoms with Gasteiger partial charge in [0.1, 0.15) is 0 Å². The molecule has 0 aliphatic rings. The first-order valence-corrected chi connectivity index (χ1v) is 0. The van der Waals surface area contributed by atoms with Crippen molar-refractivity contribution in [1.29, 1.82) is 0 Å². The van der Waals surface area contributed by atoms with Crippen LogP contribution in [0.3, 0.4) is 0 Å². The summed E-state index contributed by atoms with van der Waals surface area (Å²) >= 11 is 0. The Morgan fingerprint density at radius 1 is 0.0690 bits per heavy atom. The fourth-order valence-corrected chi connectivity index (χ4v) is 0. The number of rotatable bonds is 0. The van der Waals surface area contributed by atoms with Gasteiger partial charge in [-0.15, -0.1) is 0 Å². The molecule has 80 N–H and O–H groups in total. The molecule has 58 heavy (non-hydrogen) atoms. The molecule has 0 aromatic carbocycles. The van der Waals surface area contributed by atoms with Crippen molar-refractivity contribution in [2.75, 3.05) is 0 Å². The minimum Gasteiger partial charge on any atom is -0.412 e. The Kier molecular flexibility index (Phi) is 47600. The van der Waals surface area contributed by atoms with Gasteiger partial charge in [0.2, 0.25) is 0 Å². The van der Waals surface area contributed by atoms with Crippen molar-refractivity contribution in [3.05, 3.63) is 0 Å². The van der Waals surface area contributed by atoms with E-state index in [9.17, 15) is 0 Å². The van der Waals surface area contributed by atoms with E-state index >= 15 is 0 Å². The maximum absolute atomic E-state index is 0. The summed E-state index contributed by atoms with van der Waals surface area (Å²) in [6.45, 7) is 0. The van der Waals surface area contributed by atoms with Crippen molar-refractivity contribution in [1.82, 2.24) is 0 Å². The fourth-order valence-electron chi connectivity index (χ4n) is 0. The molecule has 0 aliphatic heterocycles. The van der Waals surface area contributed by atoms with Crippen LogP contribution in [0.15, 0.2) is 0 Å². The van der Waals surface area contributed by atoms with Crippen molar-refractivity contribution < 1.29 is 472 Å². The Morgan fingerprint density at radius 2 is 0.0690 bits per heavy atom. The maximum Gasteiger partial charge on any atom is 0 e. The van der Waals surface area contributed by atoms with Gasteiger partial charge in [0.05, 0.1) is 0 Å². The smallest absolute Gasteiger partial charge is 0 e. The van der Waals surface area contributed by atoms with Crippen molar-refractivity contribution in [2.45, 2.75) is 0 Å². The minimum absolute atomic E-state index is 0. The zero-order chi connectivity index (χ0) is 0. The van der Waals surface area contributed by atoms with E-state index in [4.69, 9.17) is 0 Å². The van der Waals surface area contributed by atoms with E-state index in [-0.39, 0.29) is 737 Å². The topological polar surface area (TPSA) is 1260 Å². The van der Waals surface area contributed by atoms with Gasteiger partial charge in [-0.25, -0.2) is 0 Å². The first-order valence-electron chi connectivity index (χ1n) is 0. The maximum atomic E-state index is 0. The van der Waals surface area contributed by atoms with E-state index in [2.05, 4.69) is 0 Å². The van der Waals surface area contributed by atoms with Crippen LogP contribution in [0.4, 0.5) is 0 Å². The van der Waals surface area contributed by atoms with E-state index in [1.165, 1.54) is 0 Å². The van der Waals surface area contributed by atoms with Crippen LogP contribution in [-0.2, 0) is 253 Å². The van der Waals surface area contributed by atoms with Gasteiger partial charge >= 0.3 is 0 Å². The Hall–Kier alpha value is 14.9. The molecule has 0 rings (SSSR count). The van der Waals surface area contributed by atoms with Crippen LogP contribution in [0.2, 0.25) is 0 Å². The van der Waals surface area contributed by atoms with Crippen molar-refractivity contribution in [2.24, 2.45) is 0 Å². The Labute approximate surface area is 718 Å². The summed E-state index contributed by atoms with van der Waals surface area (Å²) in [5.74, 6) is 0. The summed E-state index contributed by atoms with van der Waals surface area (Å²) in [6, 6.07) is 0. The summed E-state index contributed by atoms with van der Waals surface area (Å²) in [5, 5.41) is 0. The monoisotopic (exact) mass is 3130 g/mol. The van der Waals surface area contributed by atoms with Crippen LogP contribution in [0.1, 0.15) is 0 Å². The molecule has 0 saturated heterocycles. The zero-order valence-corrected chi connectivity index (χ0v) is 81.3. The third kappa shape index (κ3) is 1560. The Morgan fingerprint density at radius 3 is 0.0690 bits per heavy atom. The molecule has 0 fully saturated rings. The third-order valence-electron chi connectivity index (χ3n) is 0. The van der Waals surface area contributed by atoms with E-state index < -0.39 is 0 Å². The Bertz CT molecular complexity index is 72.3. The van der Waals surface area contributed by atoms with Crippen molar-refractivity contribution >= 4 is 265 Å².